The Bertz CT molecular complexity index is 920. The van der Waals surface area contributed by atoms with E-state index in [1.807, 2.05) is 26.2 Å². The van der Waals surface area contributed by atoms with Gasteiger partial charge in [0.15, 0.2) is 5.78 Å². The number of nitrogens with zero attached hydrogens (tertiary/aromatic N) is 1. The molecule has 1 aliphatic heterocycles. The van der Waals surface area contributed by atoms with Gasteiger partial charge in [0.1, 0.15) is 0 Å². The van der Waals surface area contributed by atoms with Crippen molar-refractivity contribution in [2.24, 2.45) is 34.5 Å². The third kappa shape index (κ3) is 3.08. The van der Waals surface area contributed by atoms with Gasteiger partial charge >= 0.3 is 0 Å². The summed E-state index contributed by atoms with van der Waals surface area (Å²) >= 11 is 0. The molecule has 4 heteroatoms. The normalized spacial score (nSPS) is 41.0. The molecular weight excluding hydrogens is 384 g/mol. The maximum absolute atomic E-state index is 13.6. The van der Waals surface area contributed by atoms with E-state index in [0.717, 1.165) is 36.9 Å². The Kier molecular flexibility index (Phi) is 4.84. The maximum atomic E-state index is 13.6. The molecule has 0 spiro atoms. The van der Waals surface area contributed by atoms with Crippen LogP contribution in [0.15, 0.2) is 36.4 Å². The van der Waals surface area contributed by atoms with Gasteiger partial charge in [0.2, 0.25) is 5.91 Å². The first-order valence-corrected chi connectivity index (χ1v) is 12.1. The van der Waals surface area contributed by atoms with Gasteiger partial charge in [-0.05, 0) is 92.0 Å². The first-order chi connectivity index (χ1) is 14.7. The van der Waals surface area contributed by atoms with Crippen LogP contribution < -0.4 is 10.2 Å². The number of rotatable bonds is 3. The van der Waals surface area contributed by atoms with Gasteiger partial charge in [0.25, 0.3) is 0 Å². The van der Waals surface area contributed by atoms with E-state index in [9.17, 15) is 9.59 Å². The second kappa shape index (κ2) is 7.21. The molecule has 3 aliphatic carbocycles. The van der Waals surface area contributed by atoms with Crippen LogP contribution in [0, 0.1) is 34.5 Å². The molecule has 3 unspecified atom stereocenters. The summed E-state index contributed by atoms with van der Waals surface area (Å²) in [4.78, 5) is 27.6. The monoisotopic (exact) mass is 420 g/mol. The predicted molar refractivity (Wildman–Crippen MR) is 124 cm³/mol. The fourth-order valence-electron chi connectivity index (χ4n) is 7.89. The summed E-state index contributed by atoms with van der Waals surface area (Å²) in [6.45, 7) is 4.77. The molecule has 1 amide bonds. The highest BCUT2D eigenvalue weighted by molar-refractivity contribution is 5.99. The molecule has 1 heterocycles. The minimum atomic E-state index is 0.0578. The topological polar surface area (TPSA) is 49.4 Å². The Hall–Kier alpha value is -2.10. The first-order valence-electron chi connectivity index (χ1n) is 12.1. The third-order valence-corrected chi connectivity index (χ3v) is 9.67. The Morgan fingerprint density at radius 3 is 2.45 bits per heavy atom. The van der Waals surface area contributed by atoms with Crippen molar-refractivity contribution in [3.63, 3.8) is 0 Å². The standard InChI is InChI=1S/C27H36N2O2/c1-26-15-13-21-19(9-12-23-27(21,2)16-14-24(30)28-23)20(26)10-11-22(26)25(31)17-5-7-18(8-6-17)29(3)4/h5-8,14,16,19-23H,9-13,15H2,1-4H3,(H,28,30)/t19?,20?,21?,22-,23-,26+,27-/m1/s1. The first kappa shape index (κ1) is 20.8. The summed E-state index contributed by atoms with van der Waals surface area (Å²) < 4.78 is 0. The zero-order valence-electron chi connectivity index (χ0n) is 19.4. The van der Waals surface area contributed by atoms with Crippen molar-refractivity contribution in [3.05, 3.63) is 42.0 Å². The van der Waals surface area contributed by atoms with Crippen LogP contribution in [-0.2, 0) is 4.79 Å². The lowest BCUT2D eigenvalue weighted by molar-refractivity contribution is -0.122. The number of carbonyl (C=O) groups excluding carboxylic acids is 2. The van der Waals surface area contributed by atoms with E-state index in [4.69, 9.17) is 0 Å². The van der Waals surface area contributed by atoms with Crippen LogP contribution in [0.5, 0.6) is 0 Å². The van der Waals surface area contributed by atoms with Crippen molar-refractivity contribution in [2.45, 2.75) is 58.4 Å². The van der Waals surface area contributed by atoms with Gasteiger partial charge in [-0.15, -0.1) is 0 Å². The van der Waals surface area contributed by atoms with Crippen molar-refractivity contribution >= 4 is 17.4 Å². The van der Waals surface area contributed by atoms with E-state index in [2.05, 4.69) is 42.3 Å². The fourth-order valence-corrected chi connectivity index (χ4v) is 7.89. The Balaban J connectivity index is 1.39. The van der Waals surface area contributed by atoms with Crippen LogP contribution >= 0.6 is 0 Å². The van der Waals surface area contributed by atoms with Gasteiger partial charge in [-0.25, -0.2) is 0 Å². The van der Waals surface area contributed by atoms with Crippen LogP contribution in [0.25, 0.3) is 0 Å². The highest BCUT2D eigenvalue weighted by Crippen LogP contribution is 2.65. The number of Topliss-reactive ketones (excluding diaryl/α,β-unsaturated/α-hetero) is 1. The molecule has 166 valence electrons. The van der Waals surface area contributed by atoms with Gasteiger partial charge in [-0.2, -0.15) is 0 Å². The number of ketones is 1. The van der Waals surface area contributed by atoms with Crippen LogP contribution in [0.4, 0.5) is 5.69 Å². The largest absolute Gasteiger partial charge is 0.378 e. The fraction of sp³-hybridized carbons (Fsp3) is 0.630. The molecule has 0 aromatic heterocycles. The van der Waals surface area contributed by atoms with Crippen molar-refractivity contribution in [1.29, 1.82) is 0 Å². The predicted octanol–water partition coefficient (Wildman–Crippen LogP) is 4.85. The molecule has 1 aromatic rings. The molecule has 1 aromatic carbocycles. The lowest BCUT2D eigenvalue weighted by atomic mass is 9.47. The van der Waals surface area contributed by atoms with E-state index in [0.29, 0.717) is 23.5 Å². The molecule has 1 N–H and O–H groups in total. The number of fused-ring (bicyclic) bond motifs is 5. The second-order valence-corrected chi connectivity index (χ2v) is 11.2. The number of benzene rings is 1. The summed E-state index contributed by atoms with van der Waals surface area (Å²) in [5.74, 6) is 2.43. The molecule has 31 heavy (non-hydrogen) atoms. The quantitative estimate of drug-likeness (QED) is 0.711. The third-order valence-electron chi connectivity index (χ3n) is 9.67. The maximum Gasteiger partial charge on any atom is 0.243 e. The van der Waals surface area contributed by atoms with Gasteiger partial charge in [-0.3, -0.25) is 9.59 Å². The van der Waals surface area contributed by atoms with Crippen molar-refractivity contribution < 1.29 is 9.59 Å². The van der Waals surface area contributed by atoms with Crippen molar-refractivity contribution in [2.75, 3.05) is 19.0 Å². The van der Waals surface area contributed by atoms with Crippen LogP contribution in [0.3, 0.4) is 0 Å². The number of anilines is 1. The molecule has 5 rings (SSSR count). The number of carbonyl (C=O) groups is 2. The van der Waals surface area contributed by atoms with Gasteiger partial charge in [0, 0.05) is 42.7 Å². The molecule has 3 fully saturated rings. The van der Waals surface area contributed by atoms with Crippen molar-refractivity contribution in [1.82, 2.24) is 5.32 Å². The summed E-state index contributed by atoms with van der Waals surface area (Å²) in [5, 5.41) is 3.24. The van der Waals surface area contributed by atoms with E-state index >= 15 is 0 Å². The number of hydrogen-bond acceptors (Lipinski definition) is 3. The lowest BCUT2D eigenvalue weighted by Crippen LogP contribution is -2.59. The van der Waals surface area contributed by atoms with Crippen molar-refractivity contribution in [3.8, 4) is 0 Å². The molecular formula is C27H36N2O2. The lowest BCUT2D eigenvalue weighted by Gasteiger charge is -2.58. The highest BCUT2D eigenvalue weighted by atomic mass is 16.1. The zero-order chi connectivity index (χ0) is 22.0. The molecule has 4 nitrogen and oxygen atoms in total. The summed E-state index contributed by atoms with van der Waals surface area (Å²) in [5.41, 5.74) is 2.16. The average Bonchev–Trinajstić information content (AvgIpc) is 3.11. The number of amides is 1. The van der Waals surface area contributed by atoms with Crippen LogP contribution in [-0.4, -0.2) is 31.8 Å². The smallest absolute Gasteiger partial charge is 0.243 e. The van der Waals surface area contributed by atoms with E-state index < -0.39 is 0 Å². The molecule has 0 saturated heterocycles. The zero-order valence-corrected chi connectivity index (χ0v) is 19.4. The molecule has 0 bridgehead atoms. The molecule has 4 aliphatic rings. The summed E-state index contributed by atoms with van der Waals surface area (Å²) in [7, 11) is 4.06. The summed E-state index contributed by atoms with van der Waals surface area (Å²) in [6.07, 6.45) is 10.7. The molecule has 3 saturated carbocycles. The van der Waals surface area contributed by atoms with E-state index in [1.165, 1.54) is 12.8 Å². The van der Waals surface area contributed by atoms with E-state index in [-0.39, 0.29) is 28.7 Å². The molecule has 7 atom stereocenters. The molecule has 0 radical (unpaired) electrons. The summed E-state index contributed by atoms with van der Waals surface area (Å²) in [6, 6.07) is 8.42. The minimum absolute atomic E-state index is 0.0578. The van der Waals surface area contributed by atoms with E-state index in [1.54, 1.807) is 6.08 Å². The van der Waals surface area contributed by atoms with Crippen LogP contribution in [0.1, 0.15) is 62.7 Å². The Labute approximate surface area is 186 Å². The Morgan fingerprint density at radius 2 is 1.74 bits per heavy atom. The average molecular weight is 421 g/mol. The van der Waals surface area contributed by atoms with Crippen LogP contribution in [0.2, 0.25) is 0 Å². The van der Waals surface area contributed by atoms with Gasteiger partial charge in [0.05, 0.1) is 0 Å². The second-order valence-electron chi connectivity index (χ2n) is 11.2. The highest BCUT2D eigenvalue weighted by Gasteiger charge is 2.60. The Morgan fingerprint density at radius 1 is 1.00 bits per heavy atom. The van der Waals surface area contributed by atoms with Gasteiger partial charge in [-0.1, -0.05) is 19.9 Å². The SMILES string of the molecule is CN(C)c1ccc(C(=O)[C@H]2CCC3C4CC[C@H]5NC(=O)C=C[C@]5(C)C4CC[C@@]32C)cc1. The number of hydrogen-bond donors (Lipinski definition) is 1. The number of nitrogens with one attached hydrogen (secondary N) is 1. The minimum Gasteiger partial charge on any atom is -0.378 e. The van der Waals surface area contributed by atoms with Gasteiger partial charge < -0.3 is 10.2 Å².